The lowest BCUT2D eigenvalue weighted by Gasteiger charge is -2.15. The highest BCUT2D eigenvalue weighted by Crippen LogP contribution is 2.20. The van der Waals surface area contributed by atoms with Crippen molar-refractivity contribution in [1.82, 2.24) is 0 Å². The van der Waals surface area contributed by atoms with Gasteiger partial charge in [-0.3, -0.25) is 15.7 Å². The van der Waals surface area contributed by atoms with Gasteiger partial charge in [0.05, 0.1) is 5.69 Å². The molecule has 4 heteroatoms. The molecular formula is C14H20N2O2. The first-order chi connectivity index (χ1) is 8.49. The minimum absolute atomic E-state index is 0.0711. The third-order valence-electron chi connectivity index (χ3n) is 2.96. The number of benzene rings is 1. The number of rotatable bonds is 5. The minimum atomic E-state index is 0.0711. The van der Waals surface area contributed by atoms with Crippen LogP contribution in [-0.2, 0) is 4.79 Å². The van der Waals surface area contributed by atoms with Gasteiger partial charge in [-0.25, -0.2) is 0 Å². The van der Waals surface area contributed by atoms with Crippen molar-refractivity contribution >= 4 is 17.2 Å². The van der Waals surface area contributed by atoms with Crippen LogP contribution in [0.25, 0.3) is 0 Å². The molecule has 0 fully saturated rings. The molecule has 1 atom stereocenters. The molecule has 0 aliphatic heterocycles. The molecule has 1 aromatic carbocycles. The molecule has 1 unspecified atom stereocenters. The molecule has 18 heavy (non-hydrogen) atoms. The highest BCUT2D eigenvalue weighted by Gasteiger charge is 2.15. The van der Waals surface area contributed by atoms with Gasteiger partial charge in [-0.05, 0) is 31.0 Å². The molecule has 0 amide bonds. The van der Waals surface area contributed by atoms with Crippen LogP contribution in [-0.4, -0.2) is 23.7 Å². The summed E-state index contributed by atoms with van der Waals surface area (Å²) in [5.74, 6) is 0.220. The van der Waals surface area contributed by atoms with Crippen LogP contribution in [0.2, 0.25) is 0 Å². The van der Waals surface area contributed by atoms with Crippen molar-refractivity contribution in [1.29, 1.82) is 0 Å². The van der Waals surface area contributed by atoms with Gasteiger partial charge in [-0.2, -0.15) is 0 Å². The number of nitrogens with one attached hydrogen (secondary N) is 1. The molecule has 0 aliphatic carbocycles. The number of Topliss-reactive ketones (excluding diaryl/α,β-unsaturated/α-hetero) is 1. The Morgan fingerprint density at radius 2 is 2.17 bits per heavy atom. The summed E-state index contributed by atoms with van der Waals surface area (Å²) in [5.41, 5.74) is 5.58. The summed E-state index contributed by atoms with van der Waals surface area (Å²) in [5, 5.41) is 9.04. The molecular weight excluding hydrogens is 228 g/mol. The molecule has 2 N–H and O–H groups in total. The Balaban J connectivity index is 3.06. The monoisotopic (exact) mass is 248 g/mol. The topological polar surface area (TPSA) is 61.7 Å². The van der Waals surface area contributed by atoms with E-state index >= 15 is 0 Å². The van der Waals surface area contributed by atoms with Gasteiger partial charge in [-0.1, -0.05) is 19.1 Å². The molecule has 0 bridgehead atoms. The van der Waals surface area contributed by atoms with E-state index in [1.807, 2.05) is 32.0 Å². The van der Waals surface area contributed by atoms with E-state index in [1.165, 1.54) is 0 Å². The quantitative estimate of drug-likeness (QED) is 0.622. The molecule has 4 nitrogen and oxygen atoms in total. The fraction of sp³-hybridized carbons (Fsp3) is 0.429. The summed E-state index contributed by atoms with van der Waals surface area (Å²) < 4.78 is 0. The molecule has 0 saturated heterocycles. The number of hydrogen-bond donors (Lipinski definition) is 2. The zero-order valence-corrected chi connectivity index (χ0v) is 11.3. The Kier molecular flexibility index (Phi) is 5.04. The molecule has 0 radical (unpaired) electrons. The van der Waals surface area contributed by atoms with Crippen LogP contribution in [0.1, 0.15) is 31.4 Å². The second kappa shape index (κ2) is 6.31. The maximum Gasteiger partial charge on any atom is 0.130 e. The van der Waals surface area contributed by atoms with E-state index in [0.29, 0.717) is 12.1 Å². The van der Waals surface area contributed by atoms with E-state index in [-0.39, 0.29) is 11.7 Å². The van der Waals surface area contributed by atoms with Crippen molar-refractivity contribution in [2.75, 3.05) is 12.5 Å². The molecule has 0 aromatic heterocycles. The molecule has 1 rings (SSSR count). The number of ketones is 1. The van der Waals surface area contributed by atoms with Crippen LogP contribution >= 0.6 is 0 Å². The molecule has 0 saturated carbocycles. The van der Waals surface area contributed by atoms with E-state index in [9.17, 15) is 4.79 Å². The Bertz CT molecular complexity index is 467. The van der Waals surface area contributed by atoms with Crippen molar-refractivity contribution in [3.8, 4) is 0 Å². The Morgan fingerprint density at radius 3 is 2.67 bits per heavy atom. The number of nitrogens with zero attached hydrogens (tertiary/aromatic N) is 1. The fourth-order valence-corrected chi connectivity index (χ4v) is 2.06. The second-order valence-corrected chi connectivity index (χ2v) is 4.56. The number of hydrogen-bond acceptors (Lipinski definition) is 4. The Hall–Kier alpha value is -1.68. The van der Waals surface area contributed by atoms with Gasteiger partial charge in [0.15, 0.2) is 0 Å². The largest absolute Gasteiger partial charge is 0.300 e. The summed E-state index contributed by atoms with van der Waals surface area (Å²) >= 11 is 0. The zero-order valence-electron chi connectivity index (χ0n) is 11.3. The van der Waals surface area contributed by atoms with Crippen molar-refractivity contribution in [2.45, 2.75) is 27.2 Å². The Labute approximate surface area is 108 Å². The van der Waals surface area contributed by atoms with Crippen LogP contribution < -0.4 is 5.48 Å². The number of anilines is 1. The molecule has 0 aliphatic rings. The van der Waals surface area contributed by atoms with Crippen LogP contribution in [0.3, 0.4) is 0 Å². The van der Waals surface area contributed by atoms with Crippen LogP contribution in [0.4, 0.5) is 5.69 Å². The average molecular weight is 248 g/mol. The molecule has 1 aromatic rings. The lowest BCUT2D eigenvalue weighted by Crippen LogP contribution is -2.16. The van der Waals surface area contributed by atoms with E-state index in [4.69, 9.17) is 5.21 Å². The number of aliphatic imine (C=N–C) groups is 1. The molecule has 98 valence electrons. The van der Waals surface area contributed by atoms with Gasteiger partial charge in [0.25, 0.3) is 0 Å². The van der Waals surface area contributed by atoms with Crippen molar-refractivity contribution in [2.24, 2.45) is 10.9 Å². The number of carbonyl (C=O) groups is 1. The highest BCUT2D eigenvalue weighted by atomic mass is 16.5. The molecule has 0 spiro atoms. The third kappa shape index (κ3) is 3.40. The smallest absolute Gasteiger partial charge is 0.130 e. The predicted octanol–water partition coefficient (Wildman–Crippen LogP) is 2.83. The maximum absolute atomic E-state index is 11.2. The van der Waals surface area contributed by atoms with Crippen LogP contribution in [0, 0.1) is 12.8 Å². The number of carbonyl (C=O) groups excluding carboxylic acids is 1. The van der Waals surface area contributed by atoms with Gasteiger partial charge in [0.2, 0.25) is 0 Å². The van der Waals surface area contributed by atoms with Crippen LogP contribution in [0.15, 0.2) is 23.2 Å². The normalized spacial score (nSPS) is 13.3. The SMILES string of the molecule is CN=C(c1ccc(C)c(NO)c1)C(C)CC(C)=O. The van der Waals surface area contributed by atoms with Crippen molar-refractivity contribution in [3.63, 3.8) is 0 Å². The highest BCUT2D eigenvalue weighted by molar-refractivity contribution is 6.04. The van der Waals surface area contributed by atoms with Crippen molar-refractivity contribution in [3.05, 3.63) is 29.3 Å². The van der Waals surface area contributed by atoms with Gasteiger partial charge < -0.3 is 4.79 Å². The molecule has 0 heterocycles. The first kappa shape index (κ1) is 14.4. The lowest BCUT2D eigenvalue weighted by molar-refractivity contribution is -0.117. The van der Waals surface area contributed by atoms with E-state index in [1.54, 1.807) is 14.0 Å². The van der Waals surface area contributed by atoms with Crippen molar-refractivity contribution < 1.29 is 10.0 Å². The standard InChI is InChI=1S/C14H20N2O2/c1-9-5-6-12(8-13(9)16-18)14(15-4)10(2)7-11(3)17/h5-6,8,10,16,18H,7H2,1-4H3. The lowest BCUT2D eigenvalue weighted by atomic mass is 9.93. The fourth-order valence-electron chi connectivity index (χ4n) is 2.06. The number of aryl methyl sites for hydroxylation is 1. The van der Waals surface area contributed by atoms with E-state index in [0.717, 1.165) is 16.8 Å². The first-order valence-electron chi connectivity index (χ1n) is 5.96. The second-order valence-electron chi connectivity index (χ2n) is 4.56. The van der Waals surface area contributed by atoms with Gasteiger partial charge in [-0.15, -0.1) is 0 Å². The third-order valence-corrected chi connectivity index (χ3v) is 2.96. The summed E-state index contributed by atoms with van der Waals surface area (Å²) in [6, 6.07) is 5.71. The summed E-state index contributed by atoms with van der Waals surface area (Å²) in [4.78, 5) is 15.4. The average Bonchev–Trinajstić information content (AvgIpc) is 2.31. The van der Waals surface area contributed by atoms with Gasteiger partial charge in [0, 0.05) is 25.1 Å². The van der Waals surface area contributed by atoms with Crippen LogP contribution in [0.5, 0.6) is 0 Å². The Morgan fingerprint density at radius 1 is 1.50 bits per heavy atom. The first-order valence-corrected chi connectivity index (χ1v) is 5.96. The minimum Gasteiger partial charge on any atom is -0.300 e. The predicted molar refractivity (Wildman–Crippen MR) is 73.5 cm³/mol. The summed E-state index contributed by atoms with van der Waals surface area (Å²) in [6.45, 7) is 5.47. The zero-order chi connectivity index (χ0) is 13.7. The van der Waals surface area contributed by atoms with Gasteiger partial charge in [0.1, 0.15) is 5.78 Å². The maximum atomic E-state index is 11.2. The summed E-state index contributed by atoms with van der Waals surface area (Å²) in [6.07, 6.45) is 0.475. The van der Waals surface area contributed by atoms with Gasteiger partial charge >= 0.3 is 0 Å². The summed E-state index contributed by atoms with van der Waals surface area (Å²) in [7, 11) is 1.72. The van der Waals surface area contributed by atoms with E-state index in [2.05, 4.69) is 10.5 Å². The van der Waals surface area contributed by atoms with E-state index < -0.39 is 0 Å².